The third kappa shape index (κ3) is 4.11. The number of aromatic amines is 2. The first-order valence-electron chi connectivity index (χ1n) is 12.6. The second-order valence-electron chi connectivity index (χ2n) is 9.69. The van der Waals surface area contributed by atoms with Gasteiger partial charge in [0.2, 0.25) is 0 Å². The van der Waals surface area contributed by atoms with Crippen molar-refractivity contribution < 1.29 is 9.50 Å². The summed E-state index contributed by atoms with van der Waals surface area (Å²) in [6.07, 6.45) is 10.8. The van der Waals surface area contributed by atoms with Gasteiger partial charge in [0.05, 0.1) is 35.0 Å². The van der Waals surface area contributed by atoms with Gasteiger partial charge in [-0.2, -0.15) is 9.49 Å². The lowest BCUT2D eigenvalue weighted by Gasteiger charge is -2.20. The molecule has 0 amide bonds. The molecule has 8 nitrogen and oxygen atoms in total. The molecule has 0 aromatic carbocycles. The number of halogens is 1. The summed E-state index contributed by atoms with van der Waals surface area (Å²) in [6, 6.07) is 11.1. The molecule has 1 unspecified atom stereocenters. The van der Waals surface area contributed by atoms with E-state index in [0.29, 0.717) is 5.65 Å². The van der Waals surface area contributed by atoms with E-state index in [4.69, 9.17) is 0 Å². The molecule has 10 heteroatoms. The van der Waals surface area contributed by atoms with E-state index < -0.39 is 6.23 Å². The van der Waals surface area contributed by atoms with Crippen molar-refractivity contribution in [3.05, 3.63) is 66.3 Å². The highest BCUT2D eigenvalue weighted by Gasteiger charge is 2.23. The number of rotatable bonds is 6. The summed E-state index contributed by atoms with van der Waals surface area (Å²) in [5.74, 6) is 0.270. The lowest BCUT2D eigenvalue weighted by molar-refractivity contribution is 0.137. The summed E-state index contributed by atoms with van der Waals surface area (Å²) in [5.41, 5.74) is 6.31. The van der Waals surface area contributed by atoms with Crippen LogP contribution in [0.4, 0.5) is 10.1 Å². The van der Waals surface area contributed by atoms with Crippen molar-refractivity contribution in [1.82, 2.24) is 30.1 Å². The number of aliphatic hydroxyl groups is 1. The lowest BCUT2D eigenvalue weighted by atomic mass is 10.1. The number of aliphatic hydroxyl groups excluding tert-OH is 1. The molecule has 6 aromatic rings. The van der Waals surface area contributed by atoms with Crippen molar-refractivity contribution in [1.29, 1.82) is 0 Å². The Morgan fingerprint density at radius 2 is 1.92 bits per heavy atom. The smallest absolute Gasteiger partial charge is 0.176 e. The Bertz CT molecular complexity index is 1770. The molecule has 0 radical (unpaired) electrons. The van der Waals surface area contributed by atoms with Crippen LogP contribution in [0.1, 0.15) is 25.7 Å². The number of nitrogens with zero attached hydrogens (tertiary/aromatic N) is 4. The van der Waals surface area contributed by atoms with E-state index in [1.807, 2.05) is 24.3 Å². The van der Waals surface area contributed by atoms with Gasteiger partial charge in [0, 0.05) is 45.1 Å². The van der Waals surface area contributed by atoms with Gasteiger partial charge in [-0.15, -0.1) is 11.3 Å². The van der Waals surface area contributed by atoms with E-state index in [9.17, 15) is 9.50 Å². The van der Waals surface area contributed by atoms with Gasteiger partial charge in [0.15, 0.2) is 5.13 Å². The number of nitrogens with one attached hydrogen (secondary N) is 3. The van der Waals surface area contributed by atoms with Crippen molar-refractivity contribution in [3.63, 3.8) is 0 Å². The van der Waals surface area contributed by atoms with E-state index in [-0.39, 0.29) is 11.0 Å². The first kappa shape index (κ1) is 23.0. The first-order chi connectivity index (χ1) is 18.6. The van der Waals surface area contributed by atoms with Crippen LogP contribution < -0.4 is 5.32 Å². The SMILES string of the molecule is OC(Nc1cncc(-c2cc3c(-c4cc5c(-c6ccc(F)s6)ccnc5[nH]4)n[nH]c3cn2)c1)C1CCCC1. The summed E-state index contributed by atoms with van der Waals surface area (Å²) >= 11 is 1.11. The van der Waals surface area contributed by atoms with Crippen LogP contribution >= 0.6 is 11.3 Å². The molecule has 6 heterocycles. The summed E-state index contributed by atoms with van der Waals surface area (Å²) in [7, 11) is 0. The quantitative estimate of drug-likeness (QED) is 0.188. The van der Waals surface area contributed by atoms with E-state index >= 15 is 0 Å². The molecule has 6 aromatic heterocycles. The average Bonchev–Trinajstić information content (AvgIpc) is 3.74. The van der Waals surface area contributed by atoms with Crippen molar-refractivity contribution in [2.24, 2.45) is 5.92 Å². The van der Waals surface area contributed by atoms with E-state index in [0.717, 1.165) is 79.2 Å². The van der Waals surface area contributed by atoms with Gasteiger partial charge in [-0.3, -0.25) is 15.1 Å². The zero-order valence-electron chi connectivity index (χ0n) is 20.3. The second-order valence-corrected chi connectivity index (χ2v) is 10.7. The molecule has 7 rings (SSSR count). The second kappa shape index (κ2) is 9.30. The fourth-order valence-electron chi connectivity index (χ4n) is 5.33. The Kier molecular flexibility index (Phi) is 5.63. The first-order valence-corrected chi connectivity index (χ1v) is 13.4. The van der Waals surface area contributed by atoms with Crippen molar-refractivity contribution in [2.45, 2.75) is 31.9 Å². The maximum atomic E-state index is 13.7. The number of pyridine rings is 3. The van der Waals surface area contributed by atoms with Crippen LogP contribution in [0, 0.1) is 11.0 Å². The van der Waals surface area contributed by atoms with Gasteiger partial charge in [0.1, 0.15) is 17.6 Å². The number of hydrogen-bond donors (Lipinski definition) is 4. The van der Waals surface area contributed by atoms with Crippen LogP contribution in [0.25, 0.3) is 55.0 Å². The van der Waals surface area contributed by atoms with E-state index in [2.05, 4.69) is 35.5 Å². The van der Waals surface area contributed by atoms with E-state index in [1.54, 1.807) is 30.9 Å². The van der Waals surface area contributed by atoms with Crippen LogP contribution in [-0.2, 0) is 0 Å². The van der Waals surface area contributed by atoms with Crippen molar-refractivity contribution >= 4 is 39.0 Å². The topological polar surface area (TPSA) is 115 Å². The monoisotopic (exact) mass is 525 g/mol. The summed E-state index contributed by atoms with van der Waals surface area (Å²) in [6.45, 7) is 0. The Balaban J connectivity index is 1.24. The molecule has 190 valence electrons. The number of fused-ring (bicyclic) bond motifs is 2. The molecule has 1 atom stereocenters. The van der Waals surface area contributed by atoms with Crippen LogP contribution in [0.3, 0.4) is 0 Å². The van der Waals surface area contributed by atoms with Crippen LogP contribution in [0.15, 0.2) is 61.2 Å². The highest BCUT2D eigenvalue weighted by Crippen LogP contribution is 2.36. The van der Waals surface area contributed by atoms with Gasteiger partial charge in [-0.25, -0.2) is 4.98 Å². The van der Waals surface area contributed by atoms with Crippen molar-refractivity contribution in [3.8, 4) is 33.1 Å². The minimum atomic E-state index is -0.586. The highest BCUT2D eigenvalue weighted by atomic mass is 32.1. The minimum Gasteiger partial charge on any atom is -0.374 e. The fraction of sp³-hybridized carbons (Fsp3) is 0.214. The molecule has 1 saturated carbocycles. The Labute approximate surface area is 221 Å². The van der Waals surface area contributed by atoms with Gasteiger partial charge in [-0.1, -0.05) is 12.8 Å². The van der Waals surface area contributed by atoms with Gasteiger partial charge in [0.25, 0.3) is 0 Å². The summed E-state index contributed by atoms with van der Waals surface area (Å²) in [4.78, 5) is 17.7. The van der Waals surface area contributed by atoms with Crippen molar-refractivity contribution in [2.75, 3.05) is 5.32 Å². The molecule has 1 aliphatic carbocycles. The Morgan fingerprint density at radius 1 is 1.03 bits per heavy atom. The molecule has 4 N–H and O–H groups in total. The molecule has 1 fully saturated rings. The highest BCUT2D eigenvalue weighted by molar-refractivity contribution is 7.14. The zero-order valence-corrected chi connectivity index (χ0v) is 21.1. The average molecular weight is 526 g/mol. The molecule has 0 saturated heterocycles. The lowest BCUT2D eigenvalue weighted by Crippen LogP contribution is -2.26. The molecule has 38 heavy (non-hydrogen) atoms. The Hall–Kier alpha value is -4.15. The summed E-state index contributed by atoms with van der Waals surface area (Å²) in [5, 5.41) is 23.0. The molecule has 1 aliphatic rings. The predicted molar refractivity (Wildman–Crippen MR) is 147 cm³/mol. The molecule has 0 aliphatic heterocycles. The number of thiophene rings is 1. The molecule has 0 bridgehead atoms. The normalized spacial score (nSPS) is 15.0. The van der Waals surface area contributed by atoms with Gasteiger partial charge >= 0.3 is 0 Å². The minimum absolute atomic E-state index is 0.221. The molecular formula is C28H24FN7OS. The van der Waals surface area contributed by atoms with Crippen LogP contribution in [-0.4, -0.2) is 41.5 Å². The molecule has 0 spiro atoms. The zero-order chi connectivity index (χ0) is 25.6. The standard InChI is InChI=1S/C28H24FN7OS/c29-25-6-5-24(38-25)18-7-8-31-27-19(18)10-22(34-27)26-20-11-21(32-14-23(20)35-36-26)16-9-17(13-30-12-16)33-28(37)15-3-1-2-4-15/h5-15,28,33,37H,1-4H2,(H,31,34)(H,35,36). The largest absolute Gasteiger partial charge is 0.374 e. The number of anilines is 1. The maximum Gasteiger partial charge on any atom is 0.176 e. The van der Waals surface area contributed by atoms with Crippen LogP contribution in [0.2, 0.25) is 0 Å². The number of hydrogen-bond acceptors (Lipinski definition) is 7. The Morgan fingerprint density at radius 3 is 2.76 bits per heavy atom. The fourth-order valence-corrected chi connectivity index (χ4v) is 6.10. The maximum absolute atomic E-state index is 13.7. The third-order valence-corrected chi connectivity index (χ3v) is 8.17. The van der Waals surface area contributed by atoms with Gasteiger partial charge < -0.3 is 15.4 Å². The van der Waals surface area contributed by atoms with Gasteiger partial charge in [-0.05, 0) is 49.2 Å². The predicted octanol–water partition coefficient (Wildman–Crippen LogP) is 6.35. The van der Waals surface area contributed by atoms with E-state index in [1.165, 1.54) is 18.9 Å². The number of aromatic nitrogens is 6. The third-order valence-electron chi connectivity index (χ3n) is 7.27. The number of H-pyrrole nitrogens is 2. The summed E-state index contributed by atoms with van der Waals surface area (Å²) < 4.78 is 13.7. The molecular weight excluding hydrogens is 501 g/mol. The van der Waals surface area contributed by atoms with Crippen LogP contribution in [0.5, 0.6) is 0 Å².